The molecule has 0 radical (unpaired) electrons. The summed E-state index contributed by atoms with van der Waals surface area (Å²) < 4.78 is 31.7. The molecule has 7 heteroatoms. The highest BCUT2D eigenvalue weighted by molar-refractivity contribution is 8.00. The second kappa shape index (κ2) is 9.17. The van der Waals surface area contributed by atoms with Gasteiger partial charge in [-0.2, -0.15) is 0 Å². The predicted molar refractivity (Wildman–Crippen MR) is 92.2 cm³/mol. The van der Waals surface area contributed by atoms with E-state index in [0.29, 0.717) is 5.92 Å². The van der Waals surface area contributed by atoms with E-state index in [2.05, 4.69) is 12.2 Å². The molecule has 1 aromatic carbocycles. The number of rotatable bonds is 6. The fourth-order valence-corrected chi connectivity index (χ4v) is 3.58. The molecule has 1 amide bonds. The molecule has 1 aromatic rings. The topological polar surface area (TPSA) is 55.4 Å². The third kappa shape index (κ3) is 5.99. The highest BCUT2D eigenvalue weighted by Gasteiger charge is 2.26. The largest absolute Gasteiger partial charge is 0.452 e. The van der Waals surface area contributed by atoms with Crippen molar-refractivity contribution in [3.63, 3.8) is 0 Å². The first-order valence-electron chi connectivity index (χ1n) is 8.44. The molecule has 1 saturated carbocycles. The summed E-state index contributed by atoms with van der Waals surface area (Å²) in [6, 6.07) is 3.15. The van der Waals surface area contributed by atoms with Gasteiger partial charge >= 0.3 is 5.97 Å². The lowest BCUT2D eigenvalue weighted by molar-refractivity contribution is -0.152. The van der Waals surface area contributed by atoms with E-state index >= 15 is 0 Å². The Morgan fingerprint density at radius 1 is 1.32 bits per heavy atom. The van der Waals surface area contributed by atoms with Crippen LogP contribution in [0.4, 0.5) is 8.78 Å². The SMILES string of the molecule is C[C@@H]1CCCC[C@@H]1NC(=O)[C@@H](C)OC(=O)CSc1cc(F)ccc1F. The Kier molecular flexibility index (Phi) is 7.23. The first-order valence-corrected chi connectivity index (χ1v) is 9.43. The van der Waals surface area contributed by atoms with Crippen molar-refractivity contribution in [3.05, 3.63) is 29.8 Å². The van der Waals surface area contributed by atoms with Gasteiger partial charge in [0.2, 0.25) is 0 Å². The second-order valence-corrected chi connectivity index (χ2v) is 7.39. The molecule has 2 rings (SSSR count). The monoisotopic (exact) mass is 371 g/mol. The van der Waals surface area contributed by atoms with Crippen molar-refractivity contribution in [2.24, 2.45) is 5.92 Å². The van der Waals surface area contributed by atoms with Crippen LogP contribution in [-0.2, 0) is 14.3 Å². The highest BCUT2D eigenvalue weighted by Crippen LogP contribution is 2.24. The summed E-state index contributed by atoms with van der Waals surface area (Å²) >= 11 is 0.838. The first kappa shape index (κ1) is 19.7. The number of benzene rings is 1. The standard InChI is InChI=1S/C18H23F2NO3S/c1-11-5-3-4-6-15(11)21-18(23)12(2)24-17(22)10-25-16-9-13(19)7-8-14(16)20/h7-9,11-12,15H,3-6,10H2,1-2H3,(H,21,23)/t11-,12-,15+/m1/s1. The van der Waals surface area contributed by atoms with Crippen LogP contribution in [0, 0.1) is 17.6 Å². The average Bonchev–Trinajstić information content (AvgIpc) is 2.57. The Bertz CT molecular complexity index is 626. The molecule has 138 valence electrons. The van der Waals surface area contributed by atoms with Gasteiger partial charge in [0.05, 0.1) is 5.75 Å². The normalized spacial score (nSPS) is 21.4. The maximum Gasteiger partial charge on any atom is 0.317 e. The van der Waals surface area contributed by atoms with Crippen molar-refractivity contribution >= 4 is 23.6 Å². The number of esters is 1. The number of carbonyl (C=O) groups is 2. The Labute approximate surface area is 150 Å². The predicted octanol–water partition coefficient (Wildman–Crippen LogP) is 3.68. The zero-order chi connectivity index (χ0) is 18.4. The van der Waals surface area contributed by atoms with Crippen LogP contribution >= 0.6 is 11.8 Å². The molecule has 0 spiro atoms. The molecule has 0 bridgehead atoms. The highest BCUT2D eigenvalue weighted by atomic mass is 32.2. The number of hydrogen-bond acceptors (Lipinski definition) is 4. The Morgan fingerprint density at radius 3 is 2.76 bits per heavy atom. The summed E-state index contributed by atoms with van der Waals surface area (Å²) in [6.45, 7) is 3.61. The zero-order valence-corrected chi connectivity index (χ0v) is 15.2. The number of thioether (sulfide) groups is 1. The zero-order valence-electron chi connectivity index (χ0n) is 14.4. The van der Waals surface area contributed by atoms with Crippen LogP contribution in [0.3, 0.4) is 0 Å². The molecule has 0 saturated heterocycles. The first-order chi connectivity index (χ1) is 11.9. The third-order valence-electron chi connectivity index (χ3n) is 4.36. The fraction of sp³-hybridized carbons (Fsp3) is 0.556. The minimum absolute atomic E-state index is 0.0325. The van der Waals surface area contributed by atoms with Crippen LogP contribution in [0.2, 0.25) is 0 Å². The summed E-state index contributed by atoms with van der Waals surface area (Å²) in [5, 5.41) is 2.93. The quantitative estimate of drug-likeness (QED) is 0.612. The van der Waals surface area contributed by atoms with Crippen molar-refractivity contribution in [2.45, 2.75) is 56.6 Å². The molecule has 0 aliphatic heterocycles. The second-order valence-electron chi connectivity index (χ2n) is 6.37. The van der Waals surface area contributed by atoms with E-state index in [0.717, 1.165) is 49.2 Å². The lowest BCUT2D eigenvalue weighted by Crippen LogP contribution is -2.46. The number of halogens is 2. The van der Waals surface area contributed by atoms with E-state index < -0.39 is 23.7 Å². The molecule has 25 heavy (non-hydrogen) atoms. The minimum Gasteiger partial charge on any atom is -0.452 e. The fourth-order valence-electron chi connectivity index (χ4n) is 2.84. The summed E-state index contributed by atoms with van der Waals surface area (Å²) in [7, 11) is 0. The molecule has 4 nitrogen and oxygen atoms in total. The van der Waals surface area contributed by atoms with Crippen molar-refractivity contribution in [2.75, 3.05) is 5.75 Å². The molecule has 0 aromatic heterocycles. The van der Waals surface area contributed by atoms with E-state index in [-0.39, 0.29) is 22.6 Å². The smallest absolute Gasteiger partial charge is 0.317 e. The van der Waals surface area contributed by atoms with Gasteiger partial charge in [0.25, 0.3) is 5.91 Å². The molecule has 3 atom stereocenters. The van der Waals surface area contributed by atoms with E-state index in [1.54, 1.807) is 0 Å². The van der Waals surface area contributed by atoms with Gasteiger partial charge in [-0.25, -0.2) is 8.78 Å². The Balaban J connectivity index is 1.79. The molecule has 1 fully saturated rings. The van der Waals surface area contributed by atoms with Gasteiger partial charge in [-0.15, -0.1) is 11.8 Å². The van der Waals surface area contributed by atoms with Crippen LogP contribution in [0.5, 0.6) is 0 Å². The molecular weight excluding hydrogens is 348 g/mol. The van der Waals surface area contributed by atoms with Gasteiger partial charge in [-0.05, 0) is 43.9 Å². The molecule has 0 heterocycles. The molecule has 1 aliphatic carbocycles. The maximum atomic E-state index is 13.5. The number of ether oxygens (including phenoxy) is 1. The molecule has 0 unspecified atom stereocenters. The van der Waals surface area contributed by atoms with Crippen molar-refractivity contribution in [3.8, 4) is 0 Å². The lowest BCUT2D eigenvalue weighted by Gasteiger charge is -2.30. The van der Waals surface area contributed by atoms with E-state index in [1.165, 1.54) is 13.3 Å². The maximum absolute atomic E-state index is 13.5. The van der Waals surface area contributed by atoms with E-state index in [9.17, 15) is 18.4 Å². The van der Waals surface area contributed by atoms with Gasteiger partial charge in [0, 0.05) is 10.9 Å². The van der Waals surface area contributed by atoms with Crippen LogP contribution in [-0.4, -0.2) is 29.8 Å². The van der Waals surface area contributed by atoms with Gasteiger partial charge in [-0.1, -0.05) is 19.8 Å². The van der Waals surface area contributed by atoms with E-state index in [4.69, 9.17) is 4.74 Å². The number of carbonyl (C=O) groups excluding carboxylic acids is 2. The summed E-state index contributed by atoms with van der Waals surface area (Å²) in [4.78, 5) is 24.0. The van der Waals surface area contributed by atoms with Crippen molar-refractivity contribution in [1.82, 2.24) is 5.32 Å². The van der Waals surface area contributed by atoms with Crippen LogP contribution in [0.15, 0.2) is 23.1 Å². The van der Waals surface area contributed by atoms with Crippen LogP contribution < -0.4 is 5.32 Å². The number of amides is 1. The number of nitrogens with one attached hydrogen (secondary N) is 1. The van der Waals surface area contributed by atoms with Gasteiger partial charge < -0.3 is 10.1 Å². The molecule has 1 aliphatic rings. The Morgan fingerprint density at radius 2 is 2.04 bits per heavy atom. The van der Waals surface area contributed by atoms with Gasteiger partial charge in [-0.3, -0.25) is 9.59 Å². The van der Waals surface area contributed by atoms with E-state index in [1.807, 2.05) is 0 Å². The minimum atomic E-state index is -0.917. The van der Waals surface area contributed by atoms with Gasteiger partial charge in [0.15, 0.2) is 6.10 Å². The lowest BCUT2D eigenvalue weighted by atomic mass is 9.86. The molecular formula is C18H23F2NO3S. The Hall–Kier alpha value is -1.63. The van der Waals surface area contributed by atoms with Gasteiger partial charge in [0.1, 0.15) is 11.6 Å². The van der Waals surface area contributed by atoms with Crippen molar-refractivity contribution < 1.29 is 23.1 Å². The third-order valence-corrected chi connectivity index (χ3v) is 5.36. The molecule has 1 N–H and O–H groups in total. The summed E-state index contributed by atoms with van der Waals surface area (Å²) in [6.07, 6.45) is 3.35. The summed E-state index contributed by atoms with van der Waals surface area (Å²) in [5.74, 6) is -1.94. The average molecular weight is 371 g/mol. The number of hydrogen-bond donors (Lipinski definition) is 1. The van der Waals surface area contributed by atoms with Crippen molar-refractivity contribution in [1.29, 1.82) is 0 Å². The summed E-state index contributed by atoms with van der Waals surface area (Å²) in [5.41, 5.74) is 0. The van der Waals surface area contributed by atoms with Crippen LogP contribution in [0.1, 0.15) is 39.5 Å². The van der Waals surface area contributed by atoms with Crippen LogP contribution in [0.25, 0.3) is 0 Å².